The number of terminal acetylenes is 1. The summed E-state index contributed by atoms with van der Waals surface area (Å²) < 4.78 is 40.9. The topological polar surface area (TPSA) is 152 Å². The zero-order valence-corrected chi connectivity index (χ0v) is 27.5. The number of nitrogens with zero attached hydrogens (tertiary/aromatic N) is 5. The summed E-state index contributed by atoms with van der Waals surface area (Å²) in [7, 11) is -0.592. The molecule has 0 saturated carbocycles. The summed E-state index contributed by atoms with van der Waals surface area (Å²) in [6.45, 7) is 4.54. The summed E-state index contributed by atoms with van der Waals surface area (Å²) >= 11 is 6.55. The predicted octanol–water partition coefficient (Wildman–Crippen LogP) is 3.14. The molecule has 3 heterocycles. The molecule has 1 saturated heterocycles. The number of fused-ring (bicyclic) bond motifs is 1. The van der Waals surface area contributed by atoms with Gasteiger partial charge in [0.15, 0.2) is 20.3 Å². The van der Waals surface area contributed by atoms with Crippen LogP contribution >= 0.6 is 20.0 Å². The predicted molar refractivity (Wildman–Crippen MR) is 172 cm³/mol. The number of hydrogen-bond donors (Lipinski definition) is 2. The number of benzene rings is 1. The first-order chi connectivity index (χ1) is 22.5. The Balaban J connectivity index is 1.39. The third-order valence-electron chi connectivity index (χ3n) is 6.89. The van der Waals surface area contributed by atoms with E-state index in [2.05, 4.69) is 20.9 Å². The fourth-order valence-electron chi connectivity index (χ4n) is 4.75. The van der Waals surface area contributed by atoms with Gasteiger partial charge >= 0.3 is 6.01 Å². The van der Waals surface area contributed by atoms with Crippen LogP contribution in [0.5, 0.6) is 6.01 Å². The van der Waals surface area contributed by atoms with E-state index in [0.29, 0.717) is 82.2 Å². The van der Waals surface area contributed by atoms with E-state index in [9.17, 15) is 0 Å². The summed E-state index contributed by atoms with van der Waals surface area (Å²) in [4.78, 5) is 29.6. The van der Waals surface area contributed by atoms with Crippen molar-refractivity contribution in [2.75, 3.05) is 84.4 Å². The highest BCUT2D eigenvalue weighted by molar-refractivity contribution is 7.44. The molecule has 2 atom stereocenters. The van der Waals surface area contributed by atoms with E-state index in [-0.39, 0.29) is 37.9 Å². The molecule has 2 unspecified atom stereocenters. The van der Waals surface area contributed by atoms with Crippen LogP contribution in [0.4, 0.5) is 5.82 Å². The van der Waals surface area contributed by atoms with Gasteiger partial charge < -0.3 is 47.8 Å². The monoisotopic (exact) mass is 681 g/mol. The van der Waals surface area contributed by atoms with Crippen molar-refractivity contribution in [1.29, 1.82) is 0 Å². The van der Waals surface area contributed by atoms with Crippen LogP contribution in [-0.4, -0.2) is 115 Å². The summed E-state index contributed by atoms with van der Waals surface area (Å²) in [6.07, 6.45) is 7.57. The molecule has 0 aliphatic carbocycles. The summed E-state index contributed by atoms with van der Waals surface area (Å²) in [6, 6.07) is 7.84. The third-order valence-corrected chi connectivity index (χ3v) is 7.67. The van der Waals surface area contributed by atoms with E-state index in [4.69, 9.17) is 66.0 Å². The first-order valence-electron chi connectivity index (χ1n) is 14.9. The second kappa shape index (κ2) is 19.9. The molecule has 1 fully saturated rings. The average molecular weight is 682 g/mol. The van der Waals surface area contributed by atoms with E-state index in [1.54, 1.807) is 10.9 Å². The van der Waals surface area contributed by atoms with Gasteiger partial charge in [0.1, 0.15) is 18.8 Å². The highest BCUT2D eigenvalue weighted by Gasteiger charge is 2.30. The molecule has 1 aliphatic rings. The lowest BCUT2D eigenvalue weighted by molar-refractivity contribution is -0.0384. The molecule has 2 N–H and O–H groups in total. The van der Waals surface area contributed by atoms with Gasteiger partial charge in [0.2, 0.25) is 0 Å². The Bertz CT molecular complexity index is 1380. The third kappa shape index (κ3) is 11.2. The van der Waals surface area contributed by atoms with Gasteiger partial charge in [-0.1, -0.05) is 35.7 Å². The first-order valence-corrected chi connectivity index (χ1v) is 16.7. The summed E-state index contributed by atoms with van der Waals surface area (Å²) in [5.41, 5.74) is 1.48. The minimum atomic E-state index is -2.11. The number of methoxy groups -OCH3 is 1. The van der Waals surface area contributed by atoms with Crippen molar-refractivity contribution in [3.8, 4) is 18.4 Å². The number of aromatic nitrogens is 4. The molecule has 0 radical (unpaired) electrons. The van der Waals surface area contributed by atoms with E-state index in [1.165, 1.54) is 7.11 Å². The minimum absolute atomic E-state index is 0.115. The quantitative estimate of drug-likeness (QED) is 0.0908. The lowest BCUT2D eigenvalue weighted by atomic mass is 10.2. The van der Waals surface area contributed by atoms with Gasteiger partial charge in [0.05, 0.1) is 77.7 Å². The standard InChI is InChI=1S/C30H41ClN5O9P/c1-3-11-40-13-15-42-17-18-43-16-14-41-12-10-35(20-23-6-4-5-7-26(23)31)28-25-19-32-36(29(25)34-30(33-28)39-2)27-9-8-24(45-27)21-44-22-46(37)38/h1,4-7,19,24,27,37-38H,8-18,20-22H2,2H3. The van der Waals surface area contributed by atoms with Gasteiger partial charge in [-0.3, -0.25) is 0 Å². The van der Waals surface area contributed by atoms with Gasteiger partial charge in [-0.15, -0.1) is 6.42 Å². The maximum absolute atomic E-state index is 9.11. The van der Waals surface area contributed by atoms with Crippen LogP contribution in [-0.2, 0) is 35.0 Å². The molecule has 14 nitrogen and oxygen atoms in total. The molecule has 0 amide bonds. The Morgan fingerprint density at radius 2 is 1.74 bits per heavy atom. The highest BCUT2D eigenvalue weighted by atomic mass is 35.5. The highest BCUT2D eigenvalue weighted by Crippen LogP contribution is 2.34. The van der Waals surface area contributed by atoms with Gasteiger partial charge in [-0.05, 0) is 24.5 Å². The number of rotatable bonds is 22. The van der Waals surface area contributed by atoms with Crippen molar-refractivity contribution in [1.82, 2.24) is 19.7 Å². The Hall–Kier alpha value is -2.67. The normalized spacial score (nSPS) is 16.3. The molecular weight excluding hydrogens is 641 g/mol. The van der Waals surface area contributed by atoms with Crippen LogP contribution in [0.15, 0.2) is 30.5 Å². The Kier molecular flexibility index (Phi) is 15.6. The second-order valence-electron chi connectivity index (χ2n) is 10.1. The molecule has 4 rings (SSSR count). The summed E-state index contributed by atoms with van der Waals surface area (Å²) in [5, 5.41) is 5.98. The number of halogens is 1. The van der Waals surface area contributed by atoms with E-state index >= 15 is 0 Å². The molecular formula is C30H41ClN5O9P. The average Bonchev–Trinajstić information content (AvgIpc) is 3.70. The number of ether oxygens (including phenoxy) is 7. The molecule has 1 aliphatic heterocycles. The minimum Gasteiger partial charge on any atom is -0.467 e. The molecule has 3 aromatic rings. The Labute approximate surface area is 274 Å². The molecule has 1 aromatic carbocycles. The zero-order valence-electron chi connectivity index (χ0n) is 25.8. The van der Waals surface area contributed by atoms with Gasteiger partial charge in [0.25, 0.3) is 0 Å². The molecule has 46 heavy (non-hydrogen) atoms. The summed E-state index contributed by atoms with van der Waals surface area (Å²) in [5.74, 6) is 3.03. The van der Waals surface area contributed by atoms with Crippen molar-refractivity contribution < 1.29 is 42.9 Å². The lowest BCUT2D eigenvalue weighted by Crippen LogP contribution is -2.29. The fourth-order valence-corrected chi connectivity index (χ4v) is 5.21. The number of hydrogen-bond acceptors (Lipinski definition) is 13. The Morgan fingerprint density at radius 3 is 2.43 bits per heavy atom. The van der Waals surface area contributed by atoms with Crippen molar-refractivity contribution in [3.05, 3.63) is 41.0 Å². The van der Waals surface area contributed by atoms with Crippen LogP contribution in [0.3, 0.4) is 0 Å². The van der Waals surface area contributed by atoms with Crippen LogP contribution in [0, 0.1) is 12.3 Å². The molecule has 16 heteroatoms. The van der Waals surface area contributed by atoms with Gasteiger partial charge in [0, 0.05) is 18.1 Å². The lowest BCUT2D eigenvalue weighted by Gasteiger charge is -2.25. The fraction of sp³-hybridized carbons (Fsp3) is 0.567. The van der Waals surface area contributed by atoms with Crippen LogP contribution in [0.25, 0.3) is 11.0 Å². The largest absolute Gasteiger partial charge is 0.467 e. The molecule has 252 valence electrons. The second-order valence-corrected chi connectivity index (χ2v) is 11.5. The molecule has 2 aromatic heterocycles. The van der Waals surface area contributed by atoms with Crippen LogP contribution in [0.1, 0.15) is 24.6 Å². The van der Waals surface area contributed by atoms with Crippen molar-refractivity contribution >= 4 is 36.8 Å². The van der Waals surface area contributed by atoms with E-state index < -0.39 is 8.38 Å². The smallest absolute Gasteiger partial charge is 0.320 e. The van der Waals surface area contributed by atoms with Gasteiger partial charge in [-0.2, -0.15) is 15.1 Å². The van der Waals surface area contributed by atoms with Gasteiger partial charge in [-0.25, -0.2) is 4.68 Å². The van der Waals surface area contributed by atoms with Crippen LogP contribution in [0.2, 0.25) is 5.02 Å². The number of anilines is 1. The van der Waals surface area contributed by atoms with E-state index in [0.717, 1.165) is 17.4 Å². The Morgan fingerprint density at radius 1 is 1.02 bits per heavy atom. The molecule has 0 spiro atoms. The SMILES string of the molecule is C#CCOCCOCCOCCOCCN(Cc1ccccc1Cl)c1nc(OC)nc2c1cnn2C1CCC(COCP(O)O)O1. The van der Waals surface area contributed by atoms with Crippen molar-refractivity contribution in [2.24, 2.45) is 0 Å². The van der Waals surface area contributed by atoms with Crippen molar-refractivity contribution in [2.45, 2.75) is 31.7 Å². The first kappa shape index (κ1) is 36.2. The maximum Gasteiger partial charge on any atom is 0.320 e. The zero-order chi connectivity index (χ0) is 32.6. The van der Waals surface area contributed by atoms with E-state index in [1.807, 2.05) is 24.3 Å². The van der Waals surface area contributed by atoms with Crippen molar-refractivity contribution in [3.63, 3.8) is 0 Å². The molecule has 0 bridgehead atoms. The maximum atomic E-state index is 9.11. The van der Waals surface area contributed by atoms with Crippen LogP contribution < -0.4 is 9.64 Å².